The summed E-state index contributed by atoms with van der Waals surface area (Å²) in [4.78, 5) is 54.4. The lowest BCUT2D eigenvalue weighted by Gasteiger charge is -2.07. The maximum Gasteiger partial charge on any atom is 0.335 e. The van der Waals surface area contributed by atoms with E-state index in [2.05, 4.69) is 27.4 Å². The molecule has 0 radical (unpaired) electrons. The quantitative estimate of drug-likeness (QED) is 0.0817. The maximum absolute atomic E-state index is 12.1. The summed E-state index contributed by atoms with van der Waals surface area (Å²) in [5.41, 5.74) is 13.2. The summed E-state index contributed by atoms with van der Waals surface area (Å²) in [5.74, 6) is -0.390. The van der Waals surface area contributed by atoms with Crippen molar-refractivity contribution in [1.29, 1.82) is 0 Å². The maximum atomic E-state index is 12.1. The molecule has 0 atom stereocenters. The average molecular weight is 959 g/mol. The smallest absolute Gasteiger partial charge is 0.335 e. The van der Waals surface area contributed by atoms with Crippen LogP contribution in [0.4, 0.5) is 0 Å². The molecule has 0 aliphatic rings. The van der Waals surface area contributed by atoms with E-state index in [1.807, 2.05) is 174 Å². The van der Waals surface area contributed by atoms with Crippen molar-refractivity contribution in [3.05, 3.63) is 203 Å². The zero-order valence-electron chi connectivity index (χ0n) is 44.1. The summed E-state index contributed by atoms with van der Waals surface area (Å²) in [6.45, 7) is 25.0. The molecule has 6 aromatic rings. The first kappa shape index (κ1) is 70.0. The van der Waals surface area contributed by atoms with Gasteiger partial charge >= 0.3 is 5.97 Å². The zero-order chi connectivity index (χ0) is 52.5. The summed E-state index contributed by atoms with van der Waals surface area (Å²) < 4.78 is 0. The van der Waals surface area contributed by atoms with E-state index in [4.69, 9.17) is 10.8 Å². The van der Waals surface area contributed by atoms with Gasteiger partial charge in [-0.15, -0.1) is 0 Å². The van der Waals surface area contributed by atoms with Crippen LogP contribution in [-0.4, -0.2) is 38.5 Å². The number of hydrogen-bond acceptors (Lipinski definition) is 7. The van der Waals surface area contributed by atoms with Crippen LogP contribution in [0.1, 0.15) is 170 Å². The molecule has 2 aromatic heterocycles. The van der Waals surface area contributed by atoms with E-state index in [1.54, 1.807) is 54.9 Å². The van der Waals surface area contributed by atoms with Crippen molar-refractivity contribution >= 4 is 23.4 Å². The van der Waals surface area contributed by atoms with Gasteiger partial charge in [-0.3, -0.25) is 24.4 Å². The monoisotopic (exact) mass is 959 g/mol. The van der Waals surface area contributed by atoms with Gasteiger partial charge in [-0.05, 0) is 95.5 Å². The SMILES string of the molecule is C.CC.CC.CC.CC.CC.CC.NCc1ccc(CCC(=O)CCc2cccnc2)cc1.O=C(CCc1ccc(CNC(=O)c2ccccc2)cc1)CCc1cccnc1.O=C(O)c1ccccc1. The Morgan fingerprint density at radius 1 is 0.429 bits per heavy atom. The van der Waals surface area contributed by atoms with E-state index in [1.165, 1.54) is 5.56 Å². The number of benzene rings is 4. The van der Waals surface area contributed by atoms with Crippen LogP contribution in [0.15, 0.2) is 158 Å². The number of nitrogens with zero attached hydrogens (tertiary/aromatic N) is 2. The minimum atomic E-state index is -0.879. The fourth-order valence-corrected chi connectivity index (χ4v) is 5.60. The van der Waals surface area contributed by atoms with E-state index < -0.39 is 5.97 Å². The third-order valence-corrected chi connectivity index (χ3v) is 9.01. The van der Waals surface area contributed by atoms with E-state index in [9.17, 15) is 19.2 Å². The Balaban J connectivity index is -0.000000452. The first-order valence-corrected chi connectivity index (χ1v) is 25.1. The van der Waals surface area contributed by atoms with Crippen LogP contribution in [0.3, 0.4) is 0 Å². The Labute approximate surface area is 424 Å². The topological polar surface area (TPSA) is 152 Å². The lowest BCUT2D eigenvalue weighted by atomic mass is 10.0. The third-order valence-electron chi connectivity index (χ3n) is 9.01. The molecule has 6 rings (SSSR count). The molecule has 0 saturated heterocycles. The fraction of sp³-hybridized carbons (Fsp3) is 0.377. The number of ketones is 2. The standard InChI is InChI=1S/C24H24N2O2.C17H20N2O.C7H6O2.6C2H6.CH4/c27-23(15-13-20-5-4-16-25-17-20)14-12-19-8-10-21(11-9-19)18-26-24(28)22-6-2-1-3-7-22;18-12-15-5-3-14(4-6-15)7-9-17(20)10-8-16-2-1-11-19-13-16;8-7(9)6-4-2-1-3-5-6;6*1-2;/h1-11,16-17H,12-15,18H2,(H,26,28);1-6,11,13H,7-10,12,18H2;1-5H,(H,8,9);6*1-2H3;1H4. The van der Waals surface area contributed by atoms with Crippen molar-refractivity contribution in [2.45, 2.75) is 155 Å². The summed E-state index contributed by atoms with van der Waals surface area (Å²) in [7, 11) is 0. The molecule has 9 heteroatoms. The number of aromatic nitrogens is 2. The highest BCUT2D eigenvalue weighted by atomic mass is 16.4. The van der Waals surface area contributed by atoms with Crippen molar-refractivity contribution in [1.82, 2.24) is 15.3 Å². The highest BCUT2D eigenvalue weighted by Gasteiger charge is 2.07. The van der Waals surface area contributed by atoms with E-state index in [-0.39, 0.29) is 19.1 Å². The van der Waals surface area contributed by atoms with Gasteiger partial charge in [0.1, 0.15) is 11.6 Å². The highest BCUT2D eigenvalue weighted by Crippen LogP contribution is 2.11. The normalized spacial score (nSPS) is 8.81. The first-order chi connectivity index (χ1) is 33.8. The molecule has 0 unspecified atom stereocenters. The molecule has 70 heavy (non-hydrogen) atoms. The summed E-state index contributed by atoms with van der Waals surface area (Å²) in [5, 5.41) is 11.3. The van der Waals surface area contributed by atoms with Crippen molar-refractivity contribution < 1.29 is 24.3 Å². The number of nitrogens with one attached hydrogen (secondary N) is 1. The molecule has 0 bridgehead atoms. The third kappa shape index (κ3) is 34.7. The van der Waals surface area contributed by atoms with Crippen LogP contribution < -0.4 is 11.1 Å². The van der Waals surface area contributed by atoms with Gasteiger partial charge in [0.2, 0.25) is 0 Å². The molecule has 0 fully saturated rings. The summed E-state index contributed by atoms with van der Waals surface area (Å²) in [6.07, 6.45) is 12.5. The number of carbonyl (C=O) groups excluding carboxylic acids is 3. The molecule has 9 nitrogen and oxygen atoms in total. The fourth-order valence-electron chi connectivity index (χ4n) is 5.60. The number of hydrogen-bond donors (Lipinski definition) is 3. The van der Waals surface area contributed by atoms with Gasteiger partial charge < -0.3 is 16.2 Å². The predicted molar refractivity (Wildman–Crippen MR) is 298 cm³/mol. The van der Waals surface area contributed by atoms with Crippen LogP contribution >= 0.6 is 0 Å². The highest BCUT2D eigenvalue weighted by molar-refractivity contribution is 5.94. The number of amides is 1. The van der Waals surface area contributed by atoms with Crippen molar-refractivity contribution in [2.75, 3.05) is 0 Å². The van der Waals surface area contributed by atoms with Gasteiger partial charge in [0, 0.05) is 69.1 Å². The largest absolute Gasteiger partial charge is 0.478 e. The number of Topliss-reactive ketones (excluding diaryl/α,β-unsaturated/α-hetero) is 2. The van der Waals surface area contributed by atoms with Gasteiger partial charge in [-0.1, -0.05) is 188 Å². The van der Waals surface area contributed by atoms with Crippen LogP contribution in [0, 0.1) is 0 Å². The van der Waals surface area contributed by atoms with Gasteiger partial charge in [0.25, 0.3) is 5.91 Å². The molecule has 0 saturated carbocycles. The number of aromatic carboxylic acids is 1. The number of pyridine rings is 2. The average Bonchev–Trinajstić information content (AvgIpc) is 3.45. The molecule has 4 aromatic carbocycles. The predicted octanol–water partition coefficient (Wildman–Crippen LogP) is 15.0. The van der Waals surface area contributed by atoms with Crippen LogP contribution in [0.25, 0.3) is 0 Å². The Morgan fingerprint density at radius 3 is 1.07 bits per heavy atom. The van der Waals surface area contributed by atoms with Crippen molar-refractivity contribution in [3.63, 3.8) is 0 Å². The number of nitrogens with two attached hydrogens (primary N) is 1. The lowest BCUT2D eigenvalue weighted by molar-refractivity contribution is -0.119. The second-order valence-electron chi connectivity index (χ2n) is 13.4. The van der Waals surface area contributed by atoms with Crippen LogP contribution in [0.5, 0.6) is 0 Å². The summed E-state index contributed by atoms with van der Waals surface area (Å²) >= 11 is 0. The van der Waals surface area contributed by atoms with Gasteiger partial charge in [0.05, 0.1) is 5.56 Å². The number of rotatable bonds is 17. The molecule has 0 aliphatic carbocycles. The van der Waals surface area contributed by atoms with E-state index >= 15 is 0 Å². The second kappa shape index (κ2) is 50.3. The molecule has 1 amide bonds. The first-order valence-electron chi connectivity index (χ1n) is 25.1. The molecular formula is C61H90N4O5. The number of carbonyl (C=O) groups is 4. The zero-order valence-corrected chi connectivity index (χ0v) is 44.1. The number of aryl methyl sites for hydroxylation is 4. The minimum absolute atomic E-state index is 0. The molecule has 4 N–H and O–H groups in total. The molecular weight excluding hydrogens is 869 g/mol. The lowest BCUT2D eigenvalue weighted by Crippen LogP contribution is -2.22. The Hall–Kier alpha value is -6.58. The van der Waals surface area contributed by atoms with Gasteiger partial charge in [-0.25, -0.2) is 4.79 Å². The van der Waals surface area contributed by atoms with Crippen molar-refractivity contribution in [2.24, 2.45) is 5.73 Å². The Kier molecular flexibility index (Phi) is 50.3. The molecule has 384 valence electrons. The minimum Gasteiger partial charge on any atom is -0.478 e. The number of carboxylic acid groups (broad SMARTS) is 1. The molecule has 2 heterocycles. The van der Waals surface area contributed by atoms with E-state index in [0.29, 0.717) is 55.7 Å². The Bertz CT molecular complexity index is 2080. The van der Waals surface area contributed by atoms with Gasteiger partial charge in [0.15, 0.2) is 0 Å². The molecule has 0 spiro atoms. The van der Waals surface area contributed by atoms with Gasteiger partial charge in [-0.2, -0.15) is 0 Å². The van der Waals surface area contributed by atoms with Crippen LogP contribution in [0.2, 0.25) is 0 Å². The van der Waals surface area contributed by atoms with Crippen molar-refractivity contribution in [3.8, 4) is 0 Å². The second-order valence-corrected chi connectivity index (χ2v) is 13.4. The Morgan fingerprint density at radius 2 is 0.757 bits per heavy atom. The summed E-state index contributed by atoms with van der Waals surface area (Å²) in [6, 6.07) is 41.5. The van der Waals surface area contributed by atoms with Crippen LogP contribution in [-0.2, 0) is 48.4 Å². The number of carboxylic acids is 1. The van der Waals surface area contributed by atoms with E-state index in [0.717, 1.165) is 53.5 Å². The molecule has 0 aliphatic heterocycles.